The number of aryl methyl sites for hydroxylation is 2. The van der Waals surface area contributed by atoms with Crippen LogP contribution in [0.4, 0.5) is 0 Å². The van der Waals surface area contributed by atoms with Crippen LogP contribution < -0.4 is 0 Å². The van der Waals surface area contributed by atoms with Crippen LogP contribution in [0.15, 0.2) is 36.4 Å². The quantitative estimate of drug-likeness (QED) is 0.245. The minimum absolute atomic E-state index is 0.0953. The van der Waals surface area contributed by atoms with Crippen molar-refractivity contribution < 1.29 is 39.6 Å². The van der Waals surface area contributed by atoms with Crippen LogP contribution in [0, 0.1) is 24.7 Å². The van der Waals surface area contributed by atoms with Crippen LogP contribution in [-0.2, 0) is 42.8 Å². The van der Waals surface area contributed by atoms with Gasteiger partial charge in [-0.1, -0.05) is 65.8 Å². The predicted molar refractivity (Wildman–Crippen MR) is 160 cm³/mol. The van der Waals surface area contributed by atoms with Crippen LogP contribution in [-0.4, -0.2) is 44.2 Å². The molecule has 0 aliphatic carbocycles. The van der Waals surface area contributed by atoms with E-state index >= 15 is 0 Å². The fraction of sp³-hybridized carbons (Fsp3) is 0.471. The third kappa shape index (κ3) is 7.39. The van der Waals surface area contributed by atoms with E-state index in [4.69, 9.17) is 0 Å². The van der Waals surface area contributed by atoms with Gasteiger partial charge in [0.25, 0.3) is 0 Å². The molecule has 2 rings (SSSR count). The summed E-state index contributed by atoms with van der Waals surface area (Å²) in [5.41, 5.74) is -1.25. The van der Waals surface area contributed by atoms with Crippen molar-refractivity contribution in [3.8, 4) is 11.5 Å². The van der Waals surface area contributed by atoms with Crippen molar-refractivity contribution in [1.29, 1.82) is 0 Å². The number of carboxylic acids is 2. The van der Waals surface area contributed by atoms with Gasteiger partial charge >= 0.3 is 11.9 Å². The molecule has 2 atom stereocenters. The summed E-state index contributed by atoms with van der Waals surface area (Å²) in [4.78, 5) is 48.8. The number of aliphatic carboxylic acids is 2. The third-order valence-corrected chi connectivity index (χ3v) is 7.92. The normalized spacial score (nSPS) is 14.6. The maximum absolute atomic E-state index is 12.8. The Morgan fingerprint density at radius 1 is 0.667 bits per heavy atom. The molecule has 0 amide bonds. The van der Waals surface area contributed by atoms with Gasteiger partial charge in [0, 0.05) is 12.2 Å². The van der Waals surface area contributed by atoms with E-state index in [1.54, 1.807) is 50.0 Å². The number of carbonyl (C=O) groups is 2. The molecule has 0 radical (unpaired) electrons. The highest BCUT2D eigenvalue weighted by atomic mass is 16.4. The van der Waals surface area contributed by atoms with Crippen molar-refractivity contribution >= 4 is 23.8 Å². The van der Waals surface area contributed by atoms with E-state index in [-0.39, 0.29) is 37.2 Å². The molecule has 0 aliphatic heterocycles. The topological polar surface area (TPSA) is 149 Å². The minimum atomic E-state index is -1.85. The van der Waals surface area contributed by atoms with Crippen LogP contribution in [0.5, 0.6) is 11.5 Å². The Kier molecular flexibility index (Phi) is 10.1. The summed E-state index contributed by atoms with van der Waals surface area (Å²) in [6.45, 7) is 14.8. The summed E-state index contributed by atoms with van der Waals surface area (Å²) in [6, 6.07) is 6.68. The van der Waals surface area contributed by atoms with Gasteiger partial charge in [-0.05, 0) is 83.7 Å². The molecule has 0 heterocycles. The third-order valence-electron chi connectivity index (χ3n) is 7.92. The number of hydrogen-bond donors (Lipinski definition) is 4. The number of carboxylic acid groups (broad SMARTS) is 2. The molecule has 8 heteroatoms. The molecule has 8 nitrogen and oxygen atoms in total. The number of benzene rings is 2. The lowest BCUT2D eigenvalue weighted by atomic mass is 9.69. The molecule has 2 aromatic carbocycles. The number of aromatic hydroxyl groups is 2. The van der Waals surface area contributed by atoms with Gasteiger partial charge in [0.1, 0.15) is 34.2 Å². The molecule has 0 aromatic heterocycles. The van der Waals surface area contributed by atoms with Gasteiger partial charge in [-0.2, -0.15) is 0 Å². The van der Waals surface area contributed by atoms with Crippen molar-refractivity contribution in [2.45, 2.75) is 91.9 Å². The Balaban J connectivity index is 2.65. The fourth-order valence-electron chi connectivity index (χ4n) is 5.37. The van der Waals surface area contributed by atoms with E-state index in [9.17, 15) is 39.6 Å². The SMILES string of the molecule is Cc1cc(CC(C=C=O)(CCC(C=C=O)(Cc2cc(C)c(O)c(C(C)(C)C)c2)C(=O)O)C(=O)O)cc(C(C)(C)C)c1O. The summed E-state index contributed by atoms with van der Waals surface area (Å²) in [6.07, 6.45) is 0.831. The summed E-state index contributed by atoms with van der Waals surface area (Å²) in [5, 5.41) is 42.1. The lowest BCUT2D eigenvalue weighted by Gasteiger charge is -2.32. The molecule has 0 saturated carbocycles. The maximum atomic E-state index is 12.8. The molecule has 2 unspecified atom stereocenters. The van der Waals surface area contributed by atoms with Gasteiger partial charge in [-0.15, -0.1) is 0 Å². The Hall–Kier alpha value is -4.12. The Bertz CT molecular complexity index is 1340. The number of hydrogen-bond acceptors (Lipinski definition) is 6. The van der Waals surface area contributed by atoms with Crippen LogP contribution in [0.2, 0.25) is 0 Å². The first-order valence-electron chi connectivity index (χ1n) is 13.8. The first-order valence-corrected chi connectivity index (χ1v) is 13.8. The monoisotopic (exact) mass is 578 g/mol. The molecule has 2 aromatic rings. The summed E-state index contributed by atoms with van der Waals surface area (Å²) in [5.74, 6) is 0.690. The average Bonchev–Trinajstić information content (AvgIpc) is 2.85. The van der Waals surface area contributed by atoms with Crippen LogP contribution >= 0.6 is 0 Å². The van der Waals surface area contributed by atoms with Crippen LogP contribution in [0.1, 0.15) is 87.8 Å². The second-order valence-corrected chi connectivity index (χ2v) is 13.4. The van der Waals surface area contributed by atoms with Gasteiger partial charge < -0.3 is 20.4 Å². The highest BCUT2D eigenvalue weighted by molar-refractivity contribution is 5.82. The molecular weight excluding hydrogens is 536 g/mol. The molecule has 0 aliphatic rings. The zero-order valence-electron chi connectivity index (χ0n) is 25.7. The molecule has 0 saturated heterocycles. The first kappa shape index (κ1) is 34.1. The van der Waals surface area contributed by atoms with Gasteiger partial charge in [-0.25, -0.2) is 9.59 Å². The second kappa shape index (κ2) is 12.4. The number of rotatable bonds is 11. The minimum Gasteiger partial charge on any atom is -0.507 e. The summed E-state index contributed by atoms with van der Waals surface area (Å²) in [7, 11) is 0. The molecule has 42 heavy (non-hydrogen) atoms. The molecule has 0 bridgehead atoms. The molecule has 0 fully saturated rings. The van der Waals surface area contributed by atoms with E-state index in [0.717, 1.165) is 12.2 Å². The van der Waals surface area contributed by atoms with E-state index in [1.165, 1.54) is 0 Å². The molecule has 4 N–H and O–H groups in total. The zero-order valence-corrected chi connectivity index (χ0v) is 25.7. The number of carbonyl (C=O) groups excluding carboxylic acids is 2. The zero-order chi connectivity index (χ0) is 32.3. The highest BCUT2D eigenvalue weighted by Gasteiger charge is 2.44. The lowest BCUT2D eigenvalue weighted by molar-refractivity contribution is -0.150. The van der Waals surface area contributed by atoms with E-state index in [2.05, 4.69) is 0 Å². The van der Waals surface area contributed by atoms with E-state index < -0.39 is 33.6 Å². The van der Waals surface area contributed by atoms with Crippen molar-refractivity contribution in [3.05, 3.63) is 69.8 Å². The summed E-state index contributed by atoms with van der Waals surface area (Å²) < 4.78 is 0. The van der Waals surface area contributed by atoms with E-state index in [1.807, 2.05) is 41.5 Å². The fourth-order valence-corrected chi connectivity index (χ4v) is 5.37. The Morgan fingerprint density at radius 2 is 0.976 bits per heavy atom. The molecule has 0 spiro atoms. The molecular formula is C34H42O8. The van der Waals surface area contributed by atoms with Crippen LogP contribution in [0.3, 0.4) is 0 Å². The summed E-state index contributed by atoms with van der Waals surface area (Å²) >= 11 is 0. The smallest absolute Gasteiger partial charge is 0.314 e. The average molecular weight is 579 g/mol. The standard InChI is InChI=1S/C34H42O8/c1-21-15-23(17-25(27(21)37)31(3,4)5)19-33(11-13-35,29(39)40)9-10-34(12-14-36,30(41)42)20-24-16-22(2)28(38)26(18-24)32(6,7)8/h11-12,15-18,37-38H,9-10,19-20H2,1-8H3,(H,39,40)(H,41,42). The predicted octanol–water partition coefficient (Wildman–Crippen LogP) is 5.79. The maximum Gasteiger partial charge on any atom is 0.314 e. The Labute approximate surface area is 247 Å². The van der Waals surface area contributed by atoms with E-state index in [0.29, 0.717) is 33.4 Å². The van der Waals surface area contributed by atoms with Crippen molar-refractivity contribution in [3.63, 3.8) is 0 Å². The second-order valence-electron chi connectivity index (χ2n) is 13.4. The highest BCUT2D eigenvalue weighted by Crippen LogP contribution is 2.42. The lowest BCUT2D eigenvalue weighted by Crippen LogP contribution is -2.38. The van der Waals surface area contributed by atoms with Crippen molar-refractivity contribution in [1.82, 2.24) is 0 Å². The van der Waals surface area contributed by atoms with Crippen molar-refractivity contribution in [2.24, 2.45) is 10.8 Å². The van der Waals surface area contributed by atoms with Gasteiger partial charge in [0.05, 0.1) is 0 Å². The van der Waals surface area contributed by atoms with Gasteiger partial charge in [0.2, 0.25) is 0 Å². The van der Waals surface area contributed by atoms with Crippen LogP contribution in [0.25, 0.3) is 0 Å². The van der Waals surface area contributed by atoms with Gasteiger partial charge in [0.15, 0.2) is 0 Å². The number of phenolic OH excluding ortho intramolecular Hbond substituents is 2. The number of phenols is 2. The molecule has 226 valence electrons. The van der Waals surface area contributed by atoms with Crippen molar-refractivity contribution in [2.75, 3.05) is 0 Å². The first-order chi connectivity index (χ1) is 19.2. The largest absolute Gasteiger partial charge is 0.507 e. The van der Waals surface area contributed by atoms with Gasteiger partial charge in [-0.3, -0.25) is 9.59 Å². The Morgan fingerprint density at radius 3 is 1.21 bits per heavy atom.